The molecule has 0 bridgehead atoms. The molecular formula is C14H8Cl2INO3. The van der Waals surface area contributed by atoms with Gasteiger partial charge in [-0.25, -0.2) is 4.79 Å². The van der Waals surface area contributed by atoms with Crippen molar-refractivity contribution in [1.82, 2.24) is 0 Å². The normalized spacial score (nSPS) is 10.2. The van der Waals surface area contributed by atoms with Crippen LogP contribution in [0.3, 0.4) is 0 Å². The quantitative estimate of drug-likeness (QED) is 0.695. The first-order valence-corrected chi connectivity index (χ1v) is 7.52. The molecule has 0 fully saturated rings. The summed E-state index contributed by atoms with van der Waals surface area (Å²) >= 11 is 13.8. The standard InChI is InChI=1S/C14H8Cl2INO3/c15-7-5-9(14(20)21)12(10(16)6-7)18-13(19)8-3-1-2-4-11(8)17/h1-6H,(H,18,19)(H,20,21). The van der Waals surface area contributed by atoms with Gasteiger partial charge in [0.05, 0.1) is 21.8 Å². The molecule has 0 aliphatic rings. The zero-order valence-corrected chi connectivity index (χ0v) is 14.0. The fraction of sp³-hybridized carbons (Fsp3) is 0. The minimum atomic E-state index is -1.22. The highest BCUT2D eigenvalue weighted by Gasteiger charge is 2.18. The maximum Gasteiger partial charge on any atom is 0.337 e. The fourth-order valence-corrected chi connectivity index (χ4v) is 2.87. The second kappa shape index (κ2) is 6.64. The molecule has 2 rings (SSSR count). The minimum absolute atomic E-state index is 0.0261. The van der Waals surface area contributed by atoms with E-state index in [0.717, 1.165) is 3.57 Å². The van der Waals surface area contributed by atoms with Gasteiger partial charge in [-0.05, 0) is 46.9 Å². The van der Waals surface area contributed by atoms with E-state index in [1.165, 1.54) is 12.1 Å². The Bertz CT molecular complexity index is 734. The molecule has 7 heteroatoms. The number of amides is 1. The molecule has 0 aliphatic heterocycles. The van der Waals surface area contributed by atoms with Gasteiger partial charge in [-0.3, -0.25) is 4.79 Å². The summed E-state index contributed by atoms with van der Waals surface area (Å²) in [7, 11) is 0. The summed E-state index contributed by atoms with van der Waals surface area (Å²) in [6, 6.07) is 9.55. The van der Waals surface area contributed by atoms with Gasteiger partial charge in [0.15, 0.2) is 0 Å². The first kappa shape index (κ1) is 16.1. The minimum Gasteiger partial charge on any atom is -0.478 e. The Morgan fingerprint density at radius 2 is 1.76 bits per heavy atom. The van der Waals surface area contributed by atoms with E-state index in [-0.39, 0.29) is 21.3 Å². The zero-order valence-electron chi connectivity index (χ0n) is 10.4. The van der Waals surface area contributed by atoms with Crippen LogP contribution in [0.4, 0.5) is 5.69 Å². The highest BCUT2D eigenvalue weighted by Crippen LogP contribution is 2.31. The van der Waals surface area contributed by atoms with Crippen LogP contribution in [0, 0.1) is 3.57 Å². The van der Waals surface area contributed by atoms with Crippen molar-refractivity contribution in [3.05, 3.63) is 61.1 Å². The van der Waals surface area contributed by atoms with Gasteiger partial charge in [0.2, 0.25) is 0 Å². The molecular weight excluding hydrogens is 428 g/mol. The van der Waals surface area contributed by atoms with Crippen molar-refractivity contribution in [3.63, 3.8) is 0 Å². The van der Waals surface area contributed by atoms with Crippen molar-refractivity contribution in [2.24, 2.45) is 0 Å². The van der Waals surface area contributed by atoms with Crippen molar-refractivity contribution in [1.29, 1.82) is 0 Å². The van der Waals surface area contributed by atoms with Gasteiger partial charge in [0, 0.05) is 8.59 Å². The summed E-state index contributed by atoms with van der Waals surface area (Å²) in [5.74, 6) is -1.66. The third kappa shape index (κ3) is 3.66. The molecule has 0 radical (unpaired) electrons. The third-order valence-corrected chi connectivity index (χ3v) is 4.10. The Labute approximate surface area is 144 Å². The number of carbonyl (C=O) groups is 2. The highest BCUT2D eigenvalue weighted by atomic mass is 127. The van der Waals surface area contributed by atoms with Crippen molar-refractivity contribution < 1.29 is 14.7 Å². The Morgan fingerprint density at radius 1 is 1.10 bits per heavy atom. The summed E-state index contributed by atoms with van der Waals surface area (Å²) in [4.78, 5) is 23.5. The number of halogens is 3. The van der Waals surface area contributed by atoms with Crippen molar-refractivity contribution in [3.8, 4) is 0 Å². The van der Waals surface area contributed by atoms with Crippen LogP contribution in [-0.4, -0.2) is 17.0 Å². The van der Waals surface area contributed by atoms with Crippen LogP contribution in [0.15, 0.2) is 36.4 Å². The lowest BCUT2D eigenvalue weighted by Gasteiger charge is -2.12. The average molecular weight is 436 g/mol. The van der Waals surface area contributed by atoms with E-state index < -0.39 is 11.9 Å². The first-order valence-electron chi connectivity index (χ1n) is 5.68. The van der Waals surface area contributed by atoms with Crippen LogP contribution in [0.2, 0.25) is 10.0 Å². The zero-order chi connectivity index (χ0) is 15.6. The van der Waals surface area contributed by atoms with Crippen molar-refractivity contribution in [2.75, 3.05) is 5.32 Å². The molecule has 1 amide bonds. The molecule has 0 atom stereocenters. The molecule has 0 saturated carbocycles. The number of anilines is 1. The Balaban J connectivity index is 2.42. The second-order valence-corrected chi connectivity index (χ2v) is 6.06. The maximum absolute atomic E-state index is 12.2. The van der Waals surface area contributed by atoms with Gasteiger partial charge in [-0.2, -0.15) is 0 Å². The molecule has 108 valence electrons. The lowest BCUT2D eigenvalue weighted by atomic mass is 10.1. The van der Waals surface area contributed by atoms with Gasteiger partial charge < -0.3 is 10.4 Å². The predicted octanol–water partition coefficient (Wildman–Crippen LogP) is 4.55. The van der Waals surface area contributed by atoms with Crippen LogP contribution in [0.25, 0.3) is 0 Å². The van der Waals surface area contributed by atoms with Crippen molar-refractivity contribution >= 4 is 63.4 Å². The molecule has 0 aromatic heterocycles. The number of benzene rings is 2. The molecule has 0 spiro atoms. The monoisotopic (exact) mass is 435 g/mol. The van der Waals surface area contributed by atoms with Gasteiger partial charge in [-0.15, -0.1) is 0 Å². The molecule has 0 heterocycles. The topological polar surface area (TPSA) is 66.4 Å². The number of rotatable bonds is 3. The summed E-state index contributed by atoms with van der Waals surface area (Å²) in [5.41, 5.74) is 0.297. The summed E-state index contributed by atoms with van der Waals surface area (Å²) < 4.78 is 0.745. The molecule has 0 aliphatic carbocycles. The van der Waals surface area contributed by atoms with Crippen LogP contribution in [-0.2, 0) is 0 Å². The number of nitrogens with one attached hydrogen (secondary N) is 1. The van der Waals surface area contributed by atoms with Crippen molar-refractivity contribution in [2.45, 2.75) is 0 Å². The summed E-state index contributed by atoms with van der Waals surface area (Å²) in [6.07, 6.45) is 0. The first-order chi connectivity index (χ1) is 9.90. The van der Waals surface area contributed by atoms with Gasteiger partial charge in [-0.1, -0.05) is 35.3 Å². The van der Waals surface area contributed by atoms with E-state index in [9.17, 15) is 14.7 Å². The van der Waals surface area contributed by atoms with Crippen LogP contribution >= 0.6 is 45.8 Å². The maximum atomic E-state index is 12.2. The Kier molecular flexibility index (Phi) is 5.08. The summed E-state index contributed by atoms with van der Waals surface area (Å²) in [6.45, 7) is 0. The number of hydrogen-bond donors (Lipinski definition) is 2. The van der Waals surface area contributed by atoms with E-state index >= 15 is 0 Å². The average Bonchev–Trinajstić information content (AvgIpc) is 2.41. The highest BCUT2D eigenvalue weighted by molar-refractivity contribution is 14.1. The van der Waals surface area contributed by atoms with E-state index in [1.807, 2.05) is 22.6 Å². The SMILES string of the molecule is O=C(Nc1c(Cl)cc(Cl)cc1C(=O)O)c1ccccc1I. The second-order valence-electron chi connectivity index (χ2n) is 4.05. The van der Waals surface area contributed by atoms with Gasteiger partial charge in [0.25, 0.3) is 5.91 Å². The number of aromatic carboxylic acids is 1. The van der Waals surface area contributed by atoms with Crippen LogP contribution in [0.1, 0.15) is 20.7 Å². The molecule has 2 aromatic carbocycles. The fourth-order valence-electron chi connectivity index (χ4n) is 1.70. The summed E-state index contributed by atoms with van der Waals surface area (Å²) in [5, 5.41) is 12.0. The van der Waals surface area contributed by atoms with E-state index in [4.69, 9.17) is 23.2 Å². The number of hydrogen-bond acceptors (Lipinski definition) is 2. The number of carboxylic acids is 1. The molecule has 4 nitrogen and oxygen atoms in total. The Morgan fingerprint density at radius 3 is 2.38 bits per heavy atom. The predicted molar refractivity (Wildman–Crippen MR) is 90.5 cm³/mol. The van der Waals surface area contributed by atoms with Crippen LogP contribution < -0.4 is 5.32 Å². The van der Waals surface area contributed by atoms with E-state index in [0.29, 0.717) is 5.56 Å². The number of carbonyl (C=O) groups excluding carboxylic acids is 1. The number of carboxylic acid groups (broad SMARTS) is 1. The van der Waals surface area contributed by atoms with Gasteiger partial charge >= 0.3 is 5.97 Å². The third-order valence-electron chi connectivity index (χ3n) is 2.64. The smallest absolute Gasteiger partial charge is 0.337 e. The largest absolute Gasteiger partial charge is 0.478 e. The molecule has 2 N–H and O–H groups in total. The Hall–Kier alpha value is -1.31. The van der Waals surface area contributed by atoms with E-state index in [1.54, 1.807) is 24.3 Å². The van der Waals surface area contributed by atoms with E-state index in [2.05, 4.69) is 5.32 Å². The lowest BCUT2D eigenvalue weighted by molar-refractivity contribution is 0.0698. The molecule has 2 aromatic rings. The molecule has 0 unspecified atom stereocenters. The van der Waals surface area contributed by atoms with Gasteiger partial charge in [0.1, 0.15) is 0 Å². The lowest BCUT2D eigenvalue weighted by Crippen LogP contribution is -2.16. The van der Waals surface area contributed by atoms with Crippen LogP contribution in [0.5, 0.6) is 0 Å². The molecule has 21 heavy (non-hydrogen) atoms. The molecule has 0 saturated heterocycles.